The lowest BCUT2D eigenvalue weighted by Gasteiger charge is -2.26. The van der Waals surface area contributed by atoms with Crippen molar-refractivity contribution in [2.45, 2.75) is 70.8 Å². The predicted molar refractivity (Wildman–Crippen MR) is 161 cm³/mol. The summed E-state index contributed by atoms with van der Waals surface area (Å²) in [4.78, 5) is 2.31. The van der Waals surface area contributed by atoms with Gasteiger partial charge in [-0.2, -0.15) is 0 Å². The number of aryl methyl sites for hydroxylation is 1. The Balaban J connectivity index is 1.48. The van der Waals surface area contributed by atoms with Crippen molar-refractivity contribution in [1.29, 1.82) is 0 Å². The second-order valence-electron chi connectivity index (χ2n) is 11.3. The van der Waals surface area contributed by atoms with E-state index in [2.05, 4.69) is 61.2 Å². The number of phenolic OH excluding ortho intramolecular Hbond substituents is 1. The number of phenols is 1. The van der Waals surface area contributed by atoms with Crippen LogP contribution in [0.3, 0.4) is 0 Å². The summed E-state index contributed by atoms with van der Waals surface area (Å²) in [5, 5.41) is 10.3. The van der Waals surface area contributed by atoms with Crippen molar-refractivity contribution in [2.75, 3.05) is 39.5 Å². The summed E-state index contributed by atoms with van der Waals surface area (Å²) >= 11 is 0. The number of ether oxygens (including phenoxy) is 2. The van der Waals surface area contributed by atoms with Gasteiger partial charge >= 0.3 is 0 Å². The summed E-state index contributed by atoms with van der Waals surface area (Å²) in [6.07, 6.45) is 10.9. The van der Waals surface area contributed by atoms with E-state index in [1.54, 1.807) is 0 Å². The maximum absolute atomic E-state index is 12.6. The number of allylic oxidation sites excluding steroid dienone is 6. The zero-order chi connectivity index (χ0) is 27.9. The molecule has 0 spiro atoms. The fourth-order valence-corrected chi connectivity index (χ4v) is 6.22. The van der Waals surface area contributed by atoms with E-state index in [0.717, 1.165) is 77.1 Å². The lowest BCUT2D eigenvalue weighted by molar-refractivity contribution is 0.00842. The Morgan fingerprint density at radius 2 is 1.90 bits per heavy atom. The SMILES string of the molecule is CC/C(=C\C=C(/CC)C1=C(c2ccc(C3COC3)cc2)CCCc2cc(O)ccc21)O[C@H]1CCN(CCCF)C1. The molecule has 2 aromatic rings. The molecule has 0 radical (unpaired) electrons. The number of nitrogens with zero attached hydrogens (tertiary/aromatic N) is 1. The summed E-state index contributed by atoms with van der Waals surface area (Å²) in [6, 6.07) is 15.0. The average Bonchev–Trinajstić information content (AvgIpc) is 3.30. The molecule has 2 aromatic carbocycles. The topological polar surface area (TPSA) is 41.9 Å². The highest BCUT2D eigenvalue weighted by Crippen LogP contribution is 2.42. The number of hydrogen-bond acceptors (Lipinski definition) is 4. The molecule has 2 heterocycles. The van der Waals surface area contributed by atoms with Gasteiger partial charge in [0.05, 0.1) is 25.6 Å². The van der Waals surface area contributed by atoms with Gasteiger partial charge in [-0.15, -0.1) is 0 Å². The van der Waals surface area contributed by atoms with Gasteiger partial charge in [0.2, 0.25) is 0 Å². The van der Waals surface area contributed by atoms with Crippen LogP contribution < -0.4 is 0 Å². The second kappa shape index (κ2) is 13.6. The highest BCUT2D eigenvalue weighted by molar-refractivity contribution is 5.99. The quantitative estimate of drug-likeness (QED) is 0.231. The summed E-state index contributed by atoms with van der Waals surface area (Å²) in [5.41, 5.74) is 9.01. The number of rotatable bonds is 11. The highest BCUT2D eigenvalue weighted by atomic mass is 19.1. The molecule has 0 bridgehead atoms. The zero-order valence-corrected chi connectivity index (χ0v) is 24.1. The second-order valence-corrected chi connectivity index (χ2v) is 11.3. The minimum Gasteiger partial charge on any atom is -0.508 e. The Labute approximate surface area is 239 Å². The van der Waals surface area contributed by atoms with Crippen LogP contribution in [0, 0.1) is 0 Å². The molecule has 2 aliphatic heterocycles. The minimum atomic E-state index is -0.257. The van der Waals surface area contributed by atoms with E-state index in [0.29, 0.717) is 18.1 Å². The molecule has 2 fully saturated rings. The van der Waals surface area contributed by atoms with Crippen LogP contribution in [-0.2, 0) is 15.9 Å². The van der Waals surface area contributed by atoms with Gasteiger partial charge in [-0.25, -0.2) is 0 Å². The molecule has 5 rings (SSSR count). The van der Waals surface area contributed by atoms with Gasteiger partial charge in [0, 0.05) is 32.0 Å². The third-order valence-corrected chi connectivity index (χ3v) is 8.58. The van der Waals surface area contributed by atoms with E-state index in [1.165, 1.54) is 39.0 Å². The number of hydrogen-bond donors (Lipinski definition) is 1. The molecular formula is C35H44FNO3. The molecule has 1 aliphatic carbocycles. The summed E-state index contributed by atoms with van der Waals surface area (Å²) < 4.78 is 24.5. The number of likely N-dealkylation sites (tertiary alicyclic amines) is 1. The smallest absolute Gasteiger partial charge is 0.115 e. The molecule has 0 unspecified atom stereocenters. The molecule has 4 nitrogen and oxygen atoms in total. The average molecular weight is 546 g/mol. The first-order valence-corrected chi connectivity index (χ1v) is 15.2. The van der Waals surface area contributed by atoms with Crippen LogP contribution >= 0.6 is 0 Å². The van der Waals surface area contributed by atoms with Crippen molar-refractivity contribution >= 4 is 11.1 Å². The van der Waals surface area contributed by atoms with Crippen LogP contribution in [0.25, 0.3) is 11.1 Å². The lowest BCUT2D eigenvalue weighted by Crippen LogP contribution is -2.24. The number of benzene rings is 2. The minimum absolute atomic E-state index is 0.167. The number of fused-ring (bicyclic) bond motifs is 1. The zero-order valence-electron chi connectivity index (χ0n) is 24.1. The molecular weight excluding hydrogens is 501 g/mol. The Morgan fingerprint density at radius 3 is 2.60 bits per heavy atom. The summed E-state index contributed by atoms with van der Waals surface area (Å²) in [6.45, 7) is 8.40. The largest absolute Gasteiger partial charge is 0.508 e. The lowest BCUT2D eigenvalue weighted by atomic mass is 9.85. The predicted octanol–water partition coefficient (Wildman–Crippen LogP) is 7.83. The van der Waals surface area contributed by atoms with Crippen molar-refractivity contribution in [2.24, 2.45) is 0 Å². The molecule has 40 heavy (non-hydrogen) atoms. The Morgan fingerprint density at radius 1 is 1.07 bits per heavy atom. The van der Waals surface area contributed by atoms with Crippen LogP contribution in [-0.4, -0.2) is 55.6 Å². The Hall–Kier alpha value is -2.89. The normalized spacial score (nSPS) is 20.8. The first kappa shape index (κ1) is 28.6. The van der Waals surface area contributed by atoms with Crippen molar-refractivity contribution < 1.29 is 19.0 Å². The monoisotopic (exact) mass is 545 g/mol. The number of halogens is 1. The fraction of sp³-hybridized carbons (Fsp3) is 0.486. The van der Waals surface area contributed by atoms with E-state index in [1.807, 2.05) is 12.1 Å². The molecule has 1 atom stereocenters. The van der Waals surface area contributed by atoms with Crippen molar-refractivity contribution in [3.63, 3.8) is 0 Å². The van der Waals surface area contributed by atoms with E-state index in [-0.39, 0.29) is 12.8 Å². The van der Waals surface area contributed by atoms with Crippen LogP contribution in [0.1, 0.15) is 80.5 Å². The van der Waals surface area contributed by atoms with Gasteiger partial charge in [0.25, 0.3) is 0 Å². The molecule has 0 amide bonds. The molecule has 0 aromatic heterocycles. The third-order valence-electron chi connectivity index (χ3n) is 8.58. The number of aromatic hydroxyl groups is 1. The van der Waals surface area contributed by atoms with Crippen LogP contribution in [0.4, 0.5) is 4.39 Å². The standard InChI is InChI=1S/C35H44FNO3/c1-3-25(13-15-31(4-2)40-32-17-20-37(22-32)19-6-18-36)35-33(8-5-7-28-21-30(38)14-16-34(28)35)27-11-9-26(10-12-27)29-23-39-24-29/h9-16,21,29,32,38H,3-8,17-20,22-24H2,1-2H3/b25-13+,31-15+/t32-/m0/s1. The first-order chi connectivity index (χ1) is 19.6. The van der Waals surface area contributed by atoms with Gasteiger partial charge in [-0.1, -0.05) is 50.3 Å². The highest BCUT2D eigenvalue weighted by Gasteiger charge is 2.25. The van der Waals surface area contributed by atoms with Crippen molar-refractivity contribution in [3.8, 4) is 5.75 Å². The molecule has 3 aliphatic rings. The van der Waals surface area contributed by atoms with Gasteiger partial charge in [-0.05, 0) is 95.7 Å². The molecule has 214 valence electrons. The van der Waals surface area contributed by atoms with E-state index < -0.39 is 0 Å². The molecule has 5 heteroatoms. The van der Waals surface area contributed by atoms with Crippen LogP contribution in [0.5, 0.6) is 5.75 Å². The summed E-state index contributed by atoms with van der Waals surface area (Å²) in [5.74, 6) is 1.84. The third kappa shape index (κ3) is 6.70. The van der Waals surface area contributed by atoms with E-state index >= 15 is 0 Å². The van der Waals surface area contributed by atoms with Crippen molar-refractivity contribution in [3.05, 3.63) is 88.2 Å². The molecule has 0 saturated carbocycles. The van der Waals surface area contributed by atoms with Crippen molar-refractivity contribution in [1.82, 2.24) is 4.90 Å². The van der Waals surface area contributed by atoms with E-state index in [9.17, 15) is 9.50 Å². The van der Waals surface area contributed by atoms with Crippen LogP contribution in [0.2, 0.25) is 0 Å². The number of alkyl halides is 1. The summed E-state index contributed by atoms with van der Waals surface area (Å²) in [7, 11) is 0. The van der Waals surface area contributed by atoms with Gasteiger partial charge in [0.1, 0.15) is 11.9 Å². The molecule has 1 N–H and O–H groups in total. The van der Waals surface area contributed by atoms with Gasteiger partial charge in [0.15, 0.2) is 0 Å². The Kier molecular flexibility index (Phi) is 9.77. The van der Waals surface area contributed by atoms with Crippen LogP contribution in [0.15, 0.2) is 65.9 Å². The maximum Gasteiger partial charge on any atom is 0.115 e. The van der Waals surface area contributed by atoms with Gasteiger partial charge in [-0.3, -0.25) is 9.29 Å². The van der Waals surface area contributed by atoms with Gasteiger partial charge < -0.3 is 14.6 Å². The fourth-order valence-electron chi connectivity index (χ4n) is 6.22. The Bertz CT molecular complexity index is 1240. The first-order valence-electron chi connectivity index (χ1n) is 15.2. The van der Waals surface area contributed by atoms with E-state index in [4.69, 9.17) is 9.47 Å². The molecule has 2 saturated heterocycles. The maximum atomic E-state index is 12.6.